The first-order valence-electron chi connectivity index (χ1n) is 11.3. The van der Waals surface area contributed by atoms with Crippen molar-refractivity contribution >= 4 is 22.5 Å². The number of benzene rings is 1. The third-order valence-corrected chi connectivity index (χ3v) is 6.04. The van der Waals surface area contributed by atoms with Crippen molar-refractivity contribution in [2.24, 2.45) is 5.41 Å². The van der Waals surface area contributed by atoms with Crippen LogP contribution in [0.3, 0.4) is 0 Å². The third-order valence-electron chi connectivity index (χ3n) is 6.04. The largest absolute Gasteiger partial charge is 0.322 e. The van der Waals surface area contributed by atoms with E-state index in [1.54, 1.807) is 12.3 Å². The number of carbonyl (C=O) groups excluding carboxylic acids is 1. The lowest BCUT2D eigenvalue weighted by Crippen LogP contribution is -2.19. The van der Waals surface area contributed by atoms with Gasteiger partial charge in [0.05, 0.1) is 11.2 Å². The summed E-state index contributed by atoms with van der Waals surface area (Å²) in [6.07, 6.45) is 17.6. The smallest absolute Gasteiger partial charge is 0.248 e. The molecule has 166 valence electrons. The van der Waals surface area contributed by atoms with E-state index in [1.165, 1.54) is 36.0 Å². The first kappa shape index (κ1) is 23.5. The van der Waals surface area contributed by atoms with Crippen molar-refractivity contribution in [3.8, 4) is 0 Å². The monoisotopic (exact) mass is 426 g/mol. The molecule has 1 aromatic heterocycles. The van der Waals surface area contributed by atoms with E-state index in [1.807, 2.05) is 49.4 Å². The fourth-order valence-electron chi connectivity index (χ4n) is 4.26. The molecule has 0 aliphatic heterocycles. The summed E-state index contributed by atoms with van der Waals surface area (Å²) in [5, 5.41) is 3.89. The maximum Gasteiger partial charge on any atom is 0.248 e. The SMILES string of the molecule is CC(C=CC1=C(C)CCCC1(C)C)=CC=CC(C)=CC(=O)Nc1ccnc2ccccc12. The molecule has 1 aliphatic rings. The lowest BCUT2D eigenvalue weighted by Gasteiger charge is -2.32. The molecule has 0 atom stereocenters. The molecule has 1 N–H and O–H groups in total. The minimum Gasteiger partial charge on any atom is -0.322 e. The highest BCUT2D eigenvalue weighted by atomic mass is 16.1. The Morgan fingerprint density at radius 2 is 1.88 bits per heavy atom. The van der Waals surface area contributed by atoms with Gasteiger partial charge in [0.15, 0.2) is 0 Å². The van der Waals surface area contributed by atoms with Crippen LogP contribution in [0.2, 0.25) is 0 Å². The highest BCUT2D eigenvalue weighted by molar-refractivity contribution is 6.05. The van der Waals surface area contributed by atoms with Crippen LogP contribution in [0.25, 0.3) is 10.9 Å². The lowest BCUT2D eigenvalue weighted by molar-refractivity contribution is -0.111. The van der Waals surface area contributed by atoms with Crippen LogP contribution in [-0.4, -0.2) is 10.9 Å². The second-order valence-electron chi connectivity index (χ2n) is 9.29. The number of anilines is 1. The highest BCUT2D eigenvalue weighted by Gasteiger charge is 2.26. The number of para-hydroxylation sites is 1. The zero-order chi connectivity index (χ0) is 23.1. The normalized spacial score (nSPS) is 17.5. The molecule has 1 aromatic carbocycles. The molecule has 0 saturated heterocycles. The molecule has 3 rings (SSSR count). The van der Waals surface area contributed by atoms with Crippen LogP contribution in [0.5, 0.6) is 0 Å². The van der Waals surface area contributed by atoms with Gasteiger partial charge in [0.25, 0.3) is 0 Å². The summed E-state index contributed by atoms with van der Waals surface area (Å²) in [5.41, 5.74) is 6.93. The number of fused-ring (bicyclic) bond motifs is 1. The summed E-state index contributed by atoms with van der Waals surface area (Å²) in [6, 6.07) is 9.60. The fraction of sp³-hybridized carbons (Fsp3) is 0.310. The number of pyridine rings is 1. The molecule has 0 bridgehead atoms. The van der Waals surface area contributed by atoms with Gasteiger partial charge in [0.2, 0.25) is 5.91 Å². The fourth-order valence-corrected chi connectivity index (χ4v) is 4.26. The van der Waals surface area contributed by atoms with Crippen molar-refractivity contribution in [1.29, 1.82) is 0 Å². The molecule has 0 unspecified atom stereocenters. The molecular formula is C29H34N2O. The van der Waals surface area contributed by atoms with E-state index in [9.17, 15) is 4.79 Å². The number of amides is 1. The predicted molar refractivity (Wildman–Crippen MR) is 136 cm³/mol. The molecule has 2 aromatic rings. The number of carbonyl (C=O) groups is 1. The number of hydrogen-bond donors (Lipinski definition) is 1. The van der Waals surface area contributed by atoms with Gasteiger partial charge in [-0.05, 0) is 68.7 Å². The van der Waals surface area contributed by atoms with Crippen LogP contribution >= 0.6 is 0 Å². The van der Waals surface area contributed by atoms with Crippen LogP contribution in [0.1, 0.15) is 53.9 Å². The number of hydrogen-bond acceptors (Lipinski definition) is 2. The summed E-state index contributed by atoms with van der Waals surface area (Å²) < 4.78 is 0. The molecule has 1 heterocycles. The Balaban J connectivity index is 1.63. The van der Waals surface area contributed by atoms with Crippen molar-refractivity contribution in [1.82, 2.24) is 4.98 Å². The highest BCUT2D eigenvalue weighted by Crippen LogP contribution is 2.40. The minimum atomic E-state index is -0.147. The van der Waals surface area contributed by atoms with Crippen molar-refractivity contribution in [2.75, 3.05) is 5.32 Å². The van der Waals surface area contributed by atoms with Gasteiger partial charge < -0.3 is 5.32 Å². The van der Waals surface area contributed by atoms with E-state index in [2.05, 4.69) is 56.2 Å². The van der Waals surface area contributed by atoms with Crippen molar-refractivity contribution in [3.63, 3.8) is 0 Å². The van der Waals surface area contributed by atoms with E-state index in [0.29, 0.717) is 0 Å². The molecule has 3 heteroatoms. The number of nitrogens with one attached hydrogen (secondary N) is 1. The molecule has 1 aliphatic carbocycles. The molecule has 0 fully saturated rings. The zero-order valence-corrected chi connectivity index (χ0v) is 19.9. The predicted octanol–water partition coefficient (Wildman–Crippen LogP) is 7.70. The Bertz CT molecular complexity index is 1140. The topological polar surface area (TPSA) is 42.0 Å². The Morgan fingerprint density at radius 3 is 2.66 bits per heavy atom. The van der Waals surface area contributed by atoms with Gasteiger partial charge in [-0.3, -0.25) is 9.78 Å². The van der Waals surface area contributed by atoms with E-state index in [4.69, 9.17) is 0 Å². The van der Waals surface area contributed by atoms with Gasteiger partial charge in [-0.2, -0.15) is 0 Å². The maximum absolute atomic E-state index is 12.5. The second kappa shape index (κ2) is 10.4. The van der Waals surface area contributed by atoms with Crippen LogP contribution in [0.15, 0.2) is 95.3 Å². The van der Waals surface area contributed by atoms with Gasteiger partial charge in [-0.25, -0.2) is 0 Å². The Labute approximate surface area is 192 Å². The van der Waals surface area contributed by atoms with Gasteiger partial charge in [0, 0.05) is 17.7 Å². The lowest BCUT2D eigenvalue weighted by atomic mass is 9.72. The number of nitrogens with zero attached hydrogens (tertiary/aromatic N) is 1. The Kier molecular flexibility index (Phi) is 7.63. The van der Waals surface area contributed by atoms with Gasteiger partial charge in [-0.1, -0.05) is 73.6 Å². The first-order valence-corrected chi connectivity index (χ1v) is 11.3. The minimum absolute atomic E-state index is 0.147. The van der Waals surface area contributed by atoms with Gasteiger partial charge >= 0.3 is 0 Å². The summed E-state index contributed by atoms with van der Waals surface area (Å²) in [6.45, 7) is 11.0. The van der Waals surface area contributed by atoms with E-state index < -0.39 is 0 Å². The van der Waals surface area contributed by atoms with Gasteiger partial charge in [-0.15, -0.1) is 0 Å². The van der Waals surface area contributed by atoms with Crippen molar-refractivity contribution in [3.05, 3.63) is 95.3 Å². The van der Waals surface area contributed by atoms with Crippen molar-refractivity contribution in [2.45, 2.75) is 53.9 Å². The Hall–Kier alpha value is -3.20. The quantitative estimate of drug-likeness (QED) is 0.380. The molecule has 1 amide bonds. The first-order chi connectivity index (χ1) is 15.3. The summed E-state index contributed by atoms with van der Waals surface area (Å²) in [4.78, 5) is 16.8. The van der Waals surface area contributed by atoms with Crippen molar-refractivity contribution < 1.29 is 4.79 Å². The summed E-state index contributed by atoms with van der Waals surface area (Å²) >= 11 is 0. The number of allylic oxidation sites excluding steroid dienone is 9. The zero-order valence-electron chi connectivity index (χ0n) is 19.9. The molecule has 3 nitrogen and oxygen atoms in total. The Morgan fingerprint density at radius 1 is 1.09 bits per heavy atom. The van der Waals surface area contributed by atoms with E-state index in [0.717, 1.165) is 22.2 Å². The molecule has 32 heavy (non-hydrogen) atoms. The number of aromatic nitrogens is 1. The van der Waals surface area contributed by atoms with Crippen LogP contribution in [0, 0.1) is 5.41 Å². The standard InChI is InChI=1S/C29H34N2O/c1-21(15-16-25-23(3)12-9-18-29(25,4)5)10-8-11-22(2)20-28(32)31-27-17-19-30-26-14-7-6-13-24(26)27/h6-8,10-11,13-17,19-20H,9,12,18H2,1-5H3,(H,30,31,32). The van der Waals surface area contributed by atoms with Crippen LogP contribution < -0.4 is 5.32 Å². The maximum atomic E-state index is 12.5. The second-order valence-corrected chi connectivity index (χ2v) is 9.29. The van der Waals surface area contributed by atoms with E-state index >= 15 is 0 Å². The van der Waals surface area contributed by atoms with E-state index in [-0.39, 0.29) is 11.3 Å². The number of rotatable bonds is 6. The molecule has 0 saturated carbocycles. The van der Waals surface area contributed by atoms with Crippen LogP contribution in [0.4, 0.5) is 5.69 Å². The average molecular weight is 427 g/mol. The molecular weight excluding hydrogens is 392 g/mol. The molecule has 0 spiro atoms. The third kappa shape index (κ3) is 6.16. The summed E-state index contributed by atoms with van der Waals surface area (Å²) in [5.74, 6) is -0.147. The summed E-state index contributed by atoms with van der Waals surface area (Å²) in [7, 11) is 0. The molecule has 0 radical (unpaired) electrons. The average Bonchev–Trinajstić information content (AvgIpc) is 2.73. The van der Waals surface area contributed by atoms with Crippen LogP contribution in [-0.2, 0) is 4.79 Å². The van der Waals surface area contributed by atoms with Gasteiger partial charge in [0.1, 0.15) is 0 Å².